The molecule has 0 heterocycles. The zero-order valence-corrected chi connectivity index (χ0v) is 11.3. The van der Waals surface area contributed by atoms with Crippen molar-refractivity contribution >= 4 is 21.8 Å². The maximum atomic E-state index is 12.4. The molecule has 0 spiro atoms. The second-order valence-corrected chi connectivity index (χ2v) is 5.28. The first-order chi connectivity index (χ1) is 8.29. The number of nitrogens with zero attached hydrogens (tertiary/aromatic N) is 1. The minimum absolute atomic E-state index is 0.0465. The fraction of sp³-hybridized carbons (Fsp3) is 0.417. The molecule has 0 radical (unpaired) electrons. The van der Waals surface area contributed by atoms with Crippen LogP contribution in [0.5, 0.6) is 0 Å². The standard InChI is InChI=1S/C12H13BrF3NO/c1-9(13)11(18)17(8-12(14,15)16)7-10-5-3-2-4-6-10/h2-6,9H,7-8H2,1H3. The predicted octanol–water partition coefficient (Wildman–Crippen LogP) is 3.36. The van der Waals surface area contributed by atoms with Crippen molar-refractivity contribution in [3.8, 4) is 0 Å². The lowest BCUT2D eigenvalue weighted by Crippen LogP contribution is -2.41. The Balaban J connectivity index is 2.81. The highest BCUT2D eigenvalue weighted by Gasteiger charge is 2.33. The number of alkyl halides is 4. The van der Waals surface area contributed by atoms with E-state index in [2.05, 4.69) is 15.9 Å². The maximum absolute atomic E-state index is 12.4. The zero-order chi connectivity index (χ0) is 13.8. The lowest BCUT2D eigenvalue weighted by molar-refractivity contribution is -0.161. The summed E-state index contributed by atoms with van der Waals surface area (Å²) in [6.07, 6.45) is -4.40. The highest BCUT2D eigenvalue weighted by atomic mass is 79.9. The van der Waals surface area contributed by atoms with Crippen LogP contribution in [0.15, 0.2) is 30.3 Å². The van der Waals surface area contributed by atoms with Gasteiger partial charge < -0.3 is 4.90 Å². The molecule has 1 atom stereocenters. The quantitative estimate of drug-likeness (QED) is 0.778. The Morgan fingerprint density at radius 2 is 1.89 bits per heavy atom. The van der Waals surface area contributed by atoms with Crippen LogP contribution >= 0.6 is 15.9 Å². The number of hydrogen-bond acceptors (Lipinski definition) is 1. The van der Waals surface area contributed by atoms with Gasteiger partial charge in [0.15, 0.2) is 0 Å². The molecule has 1 aromatic carbocycles. The highest BCUT2D eigenvalue weighted by Crippen LogP contribution is 2.20. The Labute approximate surface area is 112 Å². The van der Waals surface area contributed by atoms with Crippen molar-refractivity contribution in [1.29, 1.82) is 0 Å². The van der Waals surface area contributed by atoms with E-state index in [-0.39, 0.29) is 6.54 Å². The van der Waals surface area contributed by atoms with E-state index >= 15 is 0 Å². The summed E-state index contributed by atoms with van der Waals surface area (Å²) in [7, 11) is 0. The van der Waals surface area contributed by atoms with Crippen molar-refractivity contribution in [3.05, 3.63) is 35.9 Å². The first-order valence-corrected chi connectivity index (χ1v) is 6.24. The molecule has 1 aromatic rings. The molecule has 1 rings (SSSR count). The van der Waals surface area contributed by atoms with E-state index < -0.39 is 23.5 Å². The van der Waals surface area contributed by atoms with Crippen LogP contribution in [0.1, 0.15) is 12.5 Å². The summed E-state index contributed by atoms with van der Waals surface area (Å²) < 4.78 is 37.3. The summed E-state index contributed by atoms with van der Waals surface area (Å²) in [5.41, 5.74) is 0.670. The molecule has 6 heteroatoms. The van der Waals surface area contributed by atoms with Gasteiger partial charge in [0.25, 0.3) is 0 Å². The number of benzene rings is 1. The van der Waals surface area contributed by atoms with Gasteiger partial charge in [0.1, 0.15) is 6.54 Å². The molecule has 0 aromatic heterocycles. The van der Waals surface area contributed by atoms with Crippen LogP contribution in [0.4, 0.5) is 13.2 Å². The molecule has 18 heavy (non-hydrogen) atoms. The Kier molecular flexibility index (Phi) is 5.19. The van der Waals surface area contributed by atoms with E-state index in [4.69, 9.17) is 0 Å². The number of hydrogen-bond donors (Lipinski definition) is 0. The zero-order valence-electron chi connectivity index (χ0n) is 9.75. The second-order valence-electron chi connectivity index (χ2n) is 3.91. The molecule has 1 amide bonds. The average molecular weight is 324 g/mol. The topological polar surface area (TPSA) is 20.3 Å². The molecule has 0 N–H and O–H groups in total. The van der Waals surface area contributed by atoms with Gasteiger partial charge in [0.2, 0.25) is 5.91 Å². The molecule has 100 valence electrons. The smallest absolute Gasteiger partial charge is 0.328 e. The van der Waals surface area contributed by atoms with Crippen molar-refractivity contribution < 1.29 is 18.0 Å². The molecule has 2 nitrogen and oxygen atoms in total. The van der Waals surface area contributed by atoms with Gasteiger partial charge in [-0.15, -0.1) is 0 Å². The SMILES string of the molecule is CC(Br)C(=O)N(Cc1ccccc1)CC(F)(F)F. The highest BCUT2D eigenvalue weighted by molar-refractivity contribution is 9.10. The van der Waals surface area contributed by atoms with Crippen LogP contribution in [0, 0.1) is 0 Å². The molecule has 0 aliphatic rings. The molecular formula is C12H13BrF3NO. The largest absolute Gasteiger partial charge is 0.406 e. The Hall–Kier alpha value is -1.04. The van der Waals surface area contributed by atoms with Gasteiger partial charge in [-0.1, -0.05) is 46.3 Å². The molecule has 0 aliphatic heterocycles. The number of amides is 1. The van der Waals surface area contributed by atoms with Crippen LogP contribution in [0.2, 0.25) is 0 Å². The summed E-state index contributed by atoms with van der Waals surface area (Å²) in [5, 5.41) is 0. The number of halogens is 4. The van der Waals surface area contributed by atoms with E-state index in [9.17, 15) is 18.0 Å². The van der Waals surface area contributed by atoms with Crippen LogP contribution in [-0.2, 0) is 11.3 Å². The minimum Gasteiger partial charge on any atom is -0.328 e. The van der Waals surface area contributed by atoms with Crippen LogP contribution < -0.4 is 0 Å². The van der Waals surface area contributed by atoms with E-state index in [1.807, 2.05) is 0 Å². The Morgan fingerprint density at radius 1 is 1.33 bits per heavy atom. The first-order valence-electron chi connectivity index (χ1n) is 5.33. The second kappa shape index (κ2) is 6.22. The van der Waals surface area contributed by atoms with Crippen molar-refractivity contribution in [1.82, 2.24) is 4.90 Å². The molecule has 0 fully saturated rings. The monoisotopic (exact) mass is 323 g/mol. The normalized spacial score (nSPS) is 13.2. The third-order valence-corrected chi connectivity index (χ3v) is 2.63. The molecular weight excluding hydrogens is 311 g/mol. The molecule has 0 bridgehead atoms. The molecule has 0 aliphatic carbocycles. The Morgan fingerprint density at radius 3 is 2.33 bits per heavy atom. The third-order valence-electron chi connectivity index (χ3n) is 2.24. The third kappa shape index (κ3) is 5.08. The first kappa shape index (κ1) is 15.0. The summed E-state index contributed by atoms with van der Waals surface area (Å²) in [4.78, 5) is 11.9. The van der Waals surface area contributed by atoms with Gasteiger partial charge in [-0.2, -0.15) is 13.2 Å². The molecule has 0 saturated heterocycles. The van der Waals surface area contributed by atoms with Crippen LogP contribution in [0.3, 0.4) is 0 Å². The number of carbonyl (C=O) groups is 1. The van der Waals surface area contributed by atoms with Crippen molar-refractivity contribution in [2.24, 2.45) is 0 Å². The van der Waals surface area contributed by atoms with Gasteiger partial charge in [-0.25, -0.2) is 0 Å². The van der Waals surface area contributed by atoms with E-state index in [0.717, 1.165) is 4.90 Å². The summed E-state index contributed by atoms with van der Waals surface area (Å²) in [6, 6.07) is 8.60. The van der Waals surface area contributed by atoms with Crippen LogP contribution in [-0.4, -0.2) is 28.4 Å². The van der Waals surface area contributed by atoms with Crippen molar-refractivity contribution in [2.45, 2.75) is 24.5 Å². The van der Waals surface area contributed by atoms with E-state index in [1.165, 1.54) is 6.92 Å². The summed E-state index contributed by atoms with van der Waals surface area (Å²) >= 11 is 3.00. The summed E-state index contributed by atoms with van der Waals surface area (Å²) in [6.45, 7) is 0.225. The van der Waals surface area contributed by atoms with E-state index in [1.54, 1.807) is 30.3 Å². The lowest BCUT2D eigenvalue weighted by Gasteiger charge is -2.25. The van der Waals surface area contributed by atoms with Gasteiger partial charge >= 0.3 is 6.18 Å². The molecule has 1 unspecified atom stereocenters. The number of rotatable bonds is 4. The molecule has 0 saturated carbocycles. The van der Waals surface area contributed by atoms with Crippen LogP contribution in [0.25, 0.3) is 0 Å². The van der Waals surface area contributed by atoms with Gasteiger partial charge in [0, 0.05) is 6.54 Å². The van der Waals surface area contributed by atoms with E-state index in [0.29, 0.717) is 5.56 Å². The van der Waals surface area contributed by atoms with Gasteiger partial charge in [-0.3, -0.25) is 4.79 Å². The Bertz CT molecular complexity index is 392. The fourth-order valence-corrected chi connectivity index (χ4v) is 1.77. The predicted molar refractivity (Wildman–Crippen MR) is 66.3 cm³/mol. The summed E-state index contributed by atoms with van der Waals surface area (Å²) in [5.74, 6) is -0.573. The van der Waals surface area contributed by atoms with Gasteiger partial charge in [0.05, 0.1) is 4.83 Å². The minimum atomic E-state index is -4.40. The van der Waals surface area contributed by atoms with Gasteiger partial charge in [-0.05, 0) is 12.5 Å². The average Bonchev–Trinajstić information content (AvgIpc) is 2.26. The van der Waals surface area contributed by atoms with Crippen molar-refractivity contribution in [3.63, 3.8) is 0 Å². The lowest BCUT2D eigenvalue weighted by atomic mass is 10.2. The number of carbonyl (C=O) groups excluding carboxylic acids is 1. The maximum Gasteiger partial charge on any atom is 0.406 e. The van der Waals surface area contributed by atoms with Crippen molar-refractivity contribution in [2.75, 3.05) is 6.54 Å². The fourth-order valence-electron chi connectivity index (χ4n) is 1.48.